The van der Waals surface area contributed by atoms with Crippen molar-refractivity contribution in [1.82, 2.24) is 0 Å². The molecule has 0 radical (unpaired) electrons. The molecule has 308 valence electrons. The van der Waals surface area contributed by atoms with Gasteiger partial charge in [0.25, 0.3) is 0 Å². The lowest BCUT2D eigenvalue weighted by Gasteiger charge is -2.22. The van der Waals surface area contributed by atoms with Crippen LogP contribution in [0.2, 0.25) is 0 Å². The number of benzene rings is 8. The van der Waals surface area contributed by atoms with Gasteiger partial charge in [0.2, 0.25) is 0 Å². The molecule has 8 aromatic carbocycles. The van der Waals surface area contributed by atoms with Crippen molar-refractivity contribution in [3.63, 3.8) is 0 Å². The van der Waals surface area contributed by atoms with Crippen molar-refractivity contribution in [3.8, 4) is 23.0 Å². The van der Waals surface area contributed by atoms with Gasteiger partial charge in [-0.2, -0.15) is 19.6 Å². The van der Waals surface area contributed by atoms with E-state index in [2.05, 4.69) is 20.7 Å². The first-order chi connectivity index (χ1) is 30.6. The van der Waals surface area contributed by atoms with E-state index < -0.39 is 0 Å². The third-order valence-corrected chi connectivity index (χ3v) is 11.0. The molecule has 0 saturated carbocycles. The molecule has 0 aliphatic heterocycles. The van der Waals surface area contributed by atoms with Crippen LogP contribution in [0.15, 0.2) is 177 Å². The van der Waals surface area contributed by atoms with Gasteiger partial charge in [-0.25, -0.2) is 0 Å². The molecule has 12 nitrogen and oxygen atoms in total. The van der Waals surface area contributed by atoms with Crippen LogP contribution in [-0.4, -0.2) is 26.4 Å². The fourth-order valence-electron chi connectivity index (χ4n) is 7.87. The van der Waals surface area contributed by atoms with Gasteiger partial charge in [0.15, 0.2) is 0 Å². The van der Waals surface area contributed by atoms with Gasteiger partial charge < -0.3 is 18.9 Å². The van der Waals surface area contributed by atoms with Gasteiger partial charge in [0.05, 0.1) is 0 Å². The summed E-state index contributed by atoms with van der Waals surface area (Å²) in [6.45, 7) is -0.621. The van der Waals surface area contributed by atoms with E-state index in [1.54, 1.807) is 0 Å². The summed E-state index contributed by atoms with van der Waals surface area (Å²) < 4.78 is 26.4. The first kappa shape index (κ1) is 40.9. The molecule has 0 bridgehead atoms. The minimum atomic E-state index is -0.116. The lowest BCUT2D eigenvalue weighted by molar-refractivity contribution is 0.269. The molecule has 0 aliphatic rings. The minimum Gasteiger partial charge on any atom is -0.489 e. The first-order valence-corrected chi connectivity index (χ1v) is 20.0. The number of fused-ring (bicyclic) bond motifs is 4. The van der Waals surface area contributed by atoms with Crippen LogP contribution in [-0.2, 0) is 26.2 Å². The predicted octanol–water partition coefficient (Wildman–Crippen LogP) is 12.3. The average molecular weight is 825 g/mol. The van der Waals surface area contributed by atoms with Crippen molar-refractivity contribution in [2.45, 2.75) is 26.2 Å². The molecule has 0 saturated heterocycles. The fourth-order valence-corrected chi connectivity index (χ4v) is 7.87. The molecule has 0 fully saturated rings. The Kier molecular flexibility index (Phi) is 12.8. The van der Waals surface area contributed by atoms with Crippen LogP contribution in [0.4, 0.5) is 0 Å². The summed E-state index contributed by atoms with van der Waals surface area (Å²) in [6, 6.07) is 45.7. The van der Waals surface area contributed by atoms with E-state index in [0.717, 1.165) is 43.1 Å². The van der Waals surface area contributed by atoms with Gasteiger partial charge in [-0.3, -0.25) is 0 Å². The average Bonchev–Trinajstić information content (AvgIpc) is 3.31. The zero-order valence-electron chi connectivity index (χ0n) is 33.6. The third-order valence-electron chi connectivity index (χ3n) is 11.0. The largest absolute Gasteiger partial charge is 0.489 e. The lowest BCUT2D eigenvalue weighted by Crippen LogP contribution is -2.20. The predicted molar refractivity (Wildman–Crippen MR) is 243 cm³/mol. The monoisotopic (exact) mass is 824 g/mol. The summed E-state index contributed by atoms with van der Waals surface area (Å²) in [5.41, 5.74) is 3.76. The third kappa shape index (κ3) is 8.85. The van der Waals surface area contributed by atoms with Gasteiger partial charge >= 0.3 is 0 Å². The topological polar surface area (TPSA) is 155 Å². The van der Waals surface area contributed by atoms with Crippen molar-refractivity contribution in [1.29, 1.82) is 0 Å². The van der Waals surface area contributed by atoms with E-state index in [0.29, 0.717) is 56.4 Å². The lowest BCUT2D eigenvalue weighted by atomic mass is 10.0. The van der Waals surface area contributed by atoms with Gasteiger partial charge in [-0.05, 0) is 67.4 Å². The quantitative estimate of drug-likeness (QED) is 0.0543. The van der Waals surface area contributed by atoms with Crippen LogP contribution < -0.4 is 18.9 Å². The van der Waals surface area contributed by atoms with Crippen LogP contribution in [0.5, 0.6) is 23.0 Å². The molecule has 8 aromatic rings. The van der Waals surface area contributed by atoms with E-state index in [1.807, 2.05) is 146 Å². The molecular weight excluding hydrogens is 785 g/mol. The Balaban J connectivity index is 1.23. The van der Waals surface area contributed by atoms with Crippen molar-refractivity contribution in [2.75, 3.05) is 26.4 Å². The second-order valence-corrected chi connectivity index (χ2v) is 14.6. The summed E-state index contributed by atoms with van der Waals surface area (Å²) in [6.07, 6.45) is 0. The maximum atomic E-state index is 11.8. The fraction of sp³-hybridized carbons (Fsp3) is 0.160. The molecule has 0 atom stereocenters. The molecule has 0 N–H and O–H groups in total. The molecule has 62 heavy (non-hydrogen) atoms. The van der Waals surface area contributed by atoms with Crippen molar-refractivity contribution >= 4 is 43.1 Å². The van der Waals surface area contributed by atoms with Crippen LogP contribution in [0.3, 0.4) is 0 Å². The smallest absolute Gasteiger partial charge is 0.125 e. The van der Waals surface area contributed by atoms with E-state index in [1.165, 1.54) is 0 Å². The van der Waals surface area contributed by atoms with Gasteiger partial charge in [-0.1, -0.05) is 142 Å². The van der Waals surface area contributed by atoms with E-state index in [-0.39, 0.29) is 52.6 Å². The molecule has 0 amide bonds. The molecule has 8 rings (SSSR count). The van der Waals surface area contributed by atoms with Crippen LogP contribution in [0.1, 0.15) is 22.3 Å². The number of nitroso groups, excluding NO2 is 4. The van der Waals surface area contributed by atoms with Crippen LogP contribution in [0, 0.1) is 19.6 Å². The second kappa shape index (κ2) is 19.5. The van der Waals surface area contributed by atoms with Gasteiger partial charge in [-0.15, -0.1) is 0 Å². The SMILES string of the molecule is O=NCc1c(OCC(COc2ccc3ccccc3c2CN=O)=C(COc2ccc3ccccc3c2CN=O)COc2ccc3ccccc3c2CN=O)ccc2ccccc12. The summed E-state index contributed by atoms with van der Waals surface area (Å²) in [7, 11) is 0. The Bertz CT molecular complexity index is 2590. The molecule has 12 heteroatoms. The summed E-state index contributed by atoms with van der Waals surface area (Å²) in [5, 5.41) is 19.9. The standard InChI is InChI=1S/C50H40N4O8/c55-51-25-43-39-13-5-1-9-33(39)17-21-47(43)59-29-37(30-60-48-22-18-34-10-2-6-14-40(34)44(48)26-52-56)38(31-61-49-23-19-35-11-3-7-15-41(35)45(49)27-53-57)32-62-50-24-20-36-12-4-8-16-42(36)46(50)28-54-58/h1-24H,25-32H2. The molecule has 0 heterocycles. The summed E-state index contributed by atoms with van der Waals surface area (Å²) in [4.78, 5) is 47.0. The Morgan fingerprint density at radius 2 is 0.532 bits per heavy atom. The Hall–Kier alpha value is -7.86. The minimum absolute atomic E-state index is 0.0396. The first-order valence-electron chi connectivity index (χ1n) is 20.0. The maximum Gasteiger partial charge on any atom is 0.125 e. The summed E-state index contributed by atoms with van der Waals surface area (Å²) >= 11 is 0. The molecule has 0 aromatic heterocycles. The van der Waals surface area contributed by atoms with Gasteiger partial charge in [0, 0.05) is 33.4 Å². The molecule has 0 spiro atoms. The zero-order valence-corrected chi connectivity index (χ0v) is 33.6. The molecular formula is C50H40N4O8. The number of hydrogen-bond donors (Lipinski definition) is 0. The second-order valence-electron chi connectivity index (χ2n) is 14.6. The van der Waals surface area contributed by atoms with Crippen molar-refractivity contribution in [2.24, 2.45) is 20.7 Å². The van der Waals surface area contributed by atoms with Crippen LogP contribution >= 0.6 is 0 Å². The Morgan fingerprint density at radius 3 is 0.758 bits per heavy atom. The van der Waals surface area contributed by atoms with Crippen molar-refractivity contribution in [3.05, 3.63) is 199 Å². The highest BCUT2D eigenvalue weighted by atomic mass is 16.5. The number of ether oxygens (including phenoxy) is 4. The van der Waals surface area contributed by atoms with Crippen LogP contribution in [0.25, 0.3) is 43.1 Å². The Labute approximate surface area is 356 Å². The molecule has 0 aliphatic carbocycles. The highest BCUT2D eigenvalue weighted by Crippen LogP contribution is 2.34. The van der Waals surface area contributed by atoms with E-state index in [9.17, 15) is 19.6 Å². The highest BCUT2D eigenvalue weighted by Gasteiger charge is 2.19. The normalized spacial score (nSPS) is 11.0. The maximum absolute atomic E-state index is 11.8. The number of rotatable bonds is 20. The number of nitrogens with zero attached hydrogens (tertiary/aromatic N) is 4. The van der Waals surface area contributed by atoms with E-state index >= 15 is 0 Å². The Morgan fingerprint density at radius 1 is 0.306 bits per heavy atom. The summed E-state index contributed by atoms with van der Waals surface area (Å²) in [5.74, 6) is 1.84. The number of hydrogen-bond acceptors (Lipinski definition) is 12. The van der Waals surface area contributed by atoms with Crippen molar-refractivity contribution < 1.29 is 18.9 Å². The zero-order chi connectivity index (χ0) is 42.7. The highest BCUT2D eigenvalue weighted by molar-refractivity contribution is 5.90. The van der Waals surface area contributed by atoms with Gasteiger partial charge in [0.1, 0.15) is 75.6 Å². The molecule has 0 unspecified atom stereocenters. The van der Waals surface area contributed by atoms with E-state index in [4.69, 9.17) is 18.9 Å².